The lowest BCUT2D eigenvalue weighted by molar-refractivity contribution is -0.119. The van der Waals surface area contributed by atoms with E-state index >= 15 is 0 Å². The number of carbonyl (C=O) groups is 1. The molecular weight excluding hydrogens is 711 g/mol. The summed E-state index contributed by atoms with van der Waals surface area (Å²) in [5, 5.41) is 10.2. The second-order valence-electron chi connectivity index (χ2n) is 10.8. The number of nitrogens with zero attached hydrogens (tertiary/aromatic N) is 3. The maximum Gasteiger partial charge on any atom is 0.295 e. The number of amides is 1. The fourth-order valence-corrected chi connectivity index (χ4v) is 7.43. The normalized spacial score (nSPS) is 17.2. The molecule has 16 heteroatoms. The molecule has 2 aliphatic heterocycles. The predicted octanol–water partition coefficient (Wildman–Crippen LogP) is 6.80. The summed E-state index contributed by atoms with van der Waals surface area (Å²) in [6.45, 7) is 1.73. The molecule has 0 radical (unpaired) electrons. The zero-order valence-corrected chi connectivity index (χ0v) is 28.5. The Bertz CT molecular complexity index is 1980. The summed E-state index contributed by atoms with van der Waals surface area (Å²) < 4.78 is 62.7. The molecule has 4 aromatic carbocycles. The number of nitrogens with one attached hydrogen (secondary N) is 1. The molecule has 1 amide bonds. The van der Waals surface area contributed by atoms with Gasteiger partial charge in [-0.05, 0) is 60.9 Å². The molecule has 2 heterocycles. The third-order valence-corrected chi connectivity index (χ3v) is 10.2. The lowest BCUT2D eigenvalue weighted by Gasteiger charge is -2.26. The minimum atomic E-state index is -4.47. The molecule has 248 valence electrons. The first-order valence-corrected chi connectivity index (χ1v) is 18.3. The fourth-order valence-electron chi connectivity index (χ4n) is 5.40. The van der Waals surface area contributed by atoms with Crippen LogP contribution in [0.2, 0.25) is 15.1 Å². The van der Waals surface area contributed by atoms with Crippen LogP contribution in [0, 0.1) is 0 Å². The van der Waals surface area contributed by atoms with Crippen LogP contribution in [0.5, 0.6) is 0 Å². The van der Waals surface area contributed by atoms with Crippen molar-refractivity contribution in [1.29, 1.82) is 0 Å². The lowest BCUT2D eigenvalue weighted by atomic mass is 10.0. The van der Waals surface area contributed by atoms with Crippen LogP contribution in [0.25, 0.3) is 10.8 Å². The molecule has 0 bridgehead atoms. The predicted molar refractivity (Wildman–Crippen MR) is 182 cm³/mol. The van der Waals surface area contributed by atoms with Crippen LogP contribution in [0.1, 0.15) is 37.3 Å². The van der Waals surface area contributed by atoms with Gasteiger partial charge in [0.1, 0.15) is 15.5 Å². The van der Waals surface area contributed by atoms with Crippen molar-refractivity contribution in [2.45, 2.75) is 41.5 Å². The van der Waals surface area contributed by atoms with Crippen molar-refractivity contribution in [3.8, 4) is 0 Å². The van der Waals surface area contributed by atoms with Crippen LogP contribution < -0.4 is 10.4 Å². The molecule has 3 N–H and O–H groups in total. The van der Waals surface area contributed by atoms with Gasteiger partial charge in [0.2, 0.25) is 0 Å². The van der Waals surface area contributed by atoms with Gasteiger partial charge in [0.05, 0.1) is 16.8 Å². The Kier molecular flexibility index (Phi) is 10.8. The quantitative estimate of drug-likeness (QED) is 0.181. The Morgan fingerprint density at radius 1 is 0.766 bits per heavy atom. The molecule has 1 saturated heterocycles. The van der Waals surface area contributed by atoms with Crippen LogP contribution in [0.3, 0.4) is 0 Å². The average Bonchev–Trinajstić information content (AvgIpc) is 3.46. The van der Waals surface area contributed by atoms with E-state index < -0.39 is 30.0 Å². The maximum absolute atomic E-state index is 12.9. The van der Waals surface area contributed by atoms with E-state index in [4.69, 9.17) is 43.9 Å². The number of hydrogen-bond acceptors (Lipinski definition) is 8. The van der Waals surface area contributed by atoms with Crippen molar-refractivity contribution in [1.82, 2.24) is 10.4 Å². The number of hydrazone groups is 1. The van der Waals surface area contributed by atoms with E-state index in [9.17, 15) is 21.6 Å². The van der Waals surface area contributed by atoms with Crippen molar-refractivity contribution in [2.75, 3.05) is 18.1 Å². The number of carbonyl (C=O) groups excluding carboxylic acids is 1. The monoisotopic (exact) mass is 738 g/mol. The molecule has 1 atom stereocenters. The van der Waals surface area contributed by atoms with Gasteiger partial charge in [0.25, 0.3) is 26.1 Å². The number of hydrogen-bond donors (Lipinski definition) is 3. The highest BCUT2D eigenvalue weighted by atomic mass is 35.5. The molecular formula is C31H29Cl3N4O7S2. The van der Waals surface area contributed by atoms with Gasteiger partial charge in [-0.1, -0.05) is 77.6 Å². The van der Waals surface area contributed by atoms with E-state index in [2.05, 4.69) is 10.5 Å². The molecule has 6 rings (SSSR count). The maximum atomic E-state index is 12.9. The first-order valence-electron chi connectivity index (χ1n) is 14.3. The number of piperidine rings is 1. The van der Waals surface area contributed by atoms with Crippen LogP contribution in [-0.4, -0.2) is 55.7 Å². The van der Waals surface area contributed by atoms with Crippen molar-refractivity contribution < 1.29 is 30.7 Å². The number of halogens is 3. The van der Waals surface area contributed by atoms with Gasteiger partial charge < -0.3 is 0 Å². The van der Waals surface area contributed by atoms with Crippen LogP contribution in [0.4, 0.5) is 5.69 Å². The summed E-state index contributed by atoms with van der Waals surface area (Å²) in [4.78, 5) is 12.1. The number of rotatable bonds is 6. The SMILES string of the molecule is O=C(NN1CCCCC1)C1=NN(c2ccc(Cl)cc2Cl)[C@@H](c2ccc(Cl)cc2)C1.O=S(=O)(O)c1cccc2c(S(=O)(=O)O)cccc12. The lowest BCUT2D eigenvalue weighted by Crippen LogP contribution is -2.47. The number of benzene rings is 4. The van der Waals surface area contributed by atoms with Crippen LogP contribution in [-0.2, 0) is 25.0 Å². The van der Waals surface area contributed by atoms with Crippen LogP contribution >= 0.6 is 34.8 Å². The summed E-state index contributed by atoms with van der Waals surface area (Å²) in [6.07, 6.45) is 3.86. The van der Waals surface area contributed by atoms with E-state index in [0.29, 0.717) is 32.9 Å². The van der Waals surface area contributed by atoms with E-state index in [1.54, 1.807) is 17.1 Å². The Labute approximate surface area is 287 Å². The zero-order valence-electron chi connectivity index (χ0n) is 24.6. The Balaban J connectivity index is 0.000000207. The number of fused-ring (bicyclic) bond motifs is 1. The first-order chi connectivity index (χ1) is 22.2. The Morgan fingerprint density at radius 2 is 1.32 bits per heavy atom. The minimum Gasteiger partial charge on any atom is -0.284 e. The average molecular weight is 740 g/mol. The van der Waals surface area contributed by atoms with Crippen molar-refractivity contribution in [2.24, 2.45) is 5.10 Å². The smallest absolute Gasteiger partial charge is 0.284 e. The summed E-state index contributed by atoms with van der Waals surface area (Å²) in [6, 6.07) is 20.2. The third kappa shape index (κ3) is 8.42. The van der Waals surface area contributed by atoms with E-state index in [-0.39, 0.29) is 22.7 Å². The van der Waals surface area contributed by atoms with E-state index in [1.807, 2.05) is 35.3 Å². The highest BCUT2D eigenvalue weighted by Gasteiger charge is 2.34. The third-order valence-electron chi connectivity index (χ3n) is 7.60. The largest absolute Gasteiger partial charge is 0.295 e. The summed E-state index contributed by atoms with van der Waals surface area (Å²) in [5.74, 6) is -0.168. The molecule has 2 aliphatic rings. The van der Waals surface area contributed by atoms with Gasteiger partial charge in [-0.2, -0.15) is 21.9 Å². The molecule has 1 fully saturated rings. The zero-order chi connectivity index (χ0) is 33.9. The first kappa shape index (κ1) is 35.0. The second kappa shape index (κ2) is 14.5. The number of hydrazine groups is 1. The van der Waals surface area contributed by atoms with E-state index in [0.717, 1.165) is 43.6 Å². The van der Waals surface area contributed by atoms with Crippen molar-refractivity contribution >= 4 is 83.1 Å². The molecule has 47 heavy (non-hydrogen) atoms. The molecule has 11 nitrogen and oxygen atoms in total. The molecule has 0 unspecified atom stereocenters. The summed E-state index contributed by atoms with van der Waals surface area (Å²) in [7, 11) is -8.94. The van der Waals surface area contributed by atoms with Gasteiger partial charge >= 0.3 is 0 Å². The molecule has 0 saturated carbocycles. The standard InChI is InChI=1S/C21H21Cl3N4O.C10H8O6S2/c22-15-6-4-14(5-7-15)20-13-18(21(29)26-27-10-2-1-3-11-27)25-28(20)19-9-8-16(23)12-17(19)24;11-17(12,13)9-5-1-3-7-8(9)4-2-6-10(7)18(14,15)16/h4-9,12,20H,1-3,10-11,13H2,(H,26,29);1-6H,(H,11,12,13)(H,14,15,16)/t20-;/m1./s1. The molecule has 4 aromatic rings. The minimum absolute atomic E-state index is 0.0233. The van der Waals surface area contributed by atoms with Crippen molar-refractivity contribution in [3.63, 3.8) is 0 Å². The molecule has 0 spiro atoms. The van der Waals surface area contributed by atoms with Gasteiger partial charge in [-0.3, -0.25) is 24.3 Å². The number of anilines is 1. The second-order valence-corrected chi connectivity index (χ2v) is 14.9. The van der Waals surface area contributed by atoms with Gasteiger partial charge in [-0.15, -0.1) is 0 Å². The molecule has 0 aromatic heterocycles. The highest BCUT2D eigenvalue weighted by Crippen LogP contribution is 2.40. The van der Waals surface area contributed by atoms with Crippen LogP contribution in [0.15, 0.2) is 93.8 Å². The Morgan fingerprint density at radius 3 is 1.85 bits per heavy atom. The highest BCUT2D eigenvalue weighted by molar-refractivity contribution is 7.86. The van der Waals surface area contributed by atoms with Gasteiger partial charge in [0.15, 0.2) is 0 Å². The van der Waals surface area contributed by atoms with Crippen molar-refractivity contribution in [3.05, 3.63) is 99.5 Å². The van der Waals surface area contributed by atoms with Gasteiger partial charge in [0, 0.05) is 40.3 Å². The summed E-state index contributed by atoms with van der Waals surface area (Å²) >= 11 is 18.6. The molecule has 0 aliphatic carbocycles. The Hall–Kier alpha value is -3.27. The van der Waals surface area contributed by atoms with Gasteiger partial charge in [-0.25, -0.2) is 5.01 Å². The fraction of sp³-hybridized carbons (Fsp3) is 0.226. The summed E-state index contributed by atoms with van der Waals surface area (Å²) in [5.41, 5.74) is 5.18. The van der Waals surface area contributed by atoms with E-state index in [1.165, 1.54) is 30.7 Å². The topological polar surface area (TPSA) is 157 Å².